The lowest BCUT2D eigenvalue weighted by Gasteiger charge is -2.19. The Morgan fingerprint density at radius 1 is 1.21 bits per heavy atom. The fourth-order valence-corrected chi connectivity index (χ4v) is 1.87. The molecule has 1 aromatic carbocycles. The summed E-state index contributed by atoms with van der Waals surface area (Å²) in [6.45, 7) is 2.36. The highest BCUT2D eigenvalue weighted by molar-refractivity contribution is 5.46. The first kappa shape index (κ1) is 13.4. The van der Waals surface area contributed by atoms with Crippen molar-refractivity contribution in [3.05, 3.63) is 53.9 Å². The maximum Gasteiger partial charge on any atom is 0.166 e. The monoisotopic (exact) mass is 258 g/mol. The first-order valence-corrected chi connectivity index (χ1v) is 6.19. The van der Waals surface area contributed by atoms with Crippen LogP contribution in [-0.2, 0) is 6.54 Å². The van der Waals surface area contributed by atoms with Crippen molar-refractivity contribution in [2.45, 2.75) is 19.6 Å². The topological polar surface area (TPSA) is 57.4 Å². The zero-order valence-electron chi connectivity index (χ0n) is 11.2. The van der Waals surface area contributed by atoms with Gasteiger partial charge in [-0.2, -0.15) is 0 Å². The van der Waals surface area contributed by atoms with Gasteiger partial charge in [0.1, 0.15) is 6.10 Å². The third-order valence-electron chi connectivity index (χ3n) is 2.90. The normalized spacial score (nSPS) is 11.9. The van der Waals surface area contributed by atoms with Gasteiger partial charge in [-0.3, -0.25) is 4.98 Å². The molecule has 0 bridgehead atoms. The quantitative estimate of drug-likeness (QED) is 0.895. The number of aromatic nitrogens is 1. The predicted octanol–water partition coefficient (Wildman–Crippen LogP) is 2.69. The summed E-state index contributed by atoms with van der Waals surface area (Å²) in [6, 6.07) is 11.4. The van der Waals surface area contributed by atoms with Crippen LogP contribution in [0.3, 0.4) is 0 Å². The number of hydrogen-bond acceptors (Lipinski definition) is 4. The van der Waals surface area contributed by atoms with Crippen LogP contribution >= 0.6 is 0 Å². The molecular weight excluding hydrogens is 240 g/mol. The van der Waals surface area contributed by atoms with Gasteiger partial charge in [-0.05, 0) is 25.1 Å². The summed E-state index contributed by atoms with van der Waals surface area (Å²) in [4.78, 5) is 4.29. The molecule has 0 amide bonds. The third-order valence-corrected chi connectivity index (χ3v) is 2.90. The molecule has 0 radical (unpaired) electrons. The van der Waals surface area contributed by atoms with Crippen LogP contribution in [0.5, 0.6) is 11.5 Å². The maximum atomic E-state index is 5.98. The van der Waals surface area contributed by atoms with Crippen LogP contribution in [0.25, 0.3) is 0 Å². The molecule has 0 aliphatic heterocycles. The molecule has 2 N–H and O–H groups in total. The third kappa shape index (κ3) is 3.03. The number of pyridine rings is 1. The Balaban J connectivity index is 2.27. The summed E-state index contributed by atoms with van der Waals surface area (Å²) in [6.07, 6.45) is 1.59. The van der Waals surface area contributed by atoms with Gasteiger partial charge >= 0.3 is 0 Å². The summed E-state index contributed by atoms with van der Waals surface area (Å²) in [5.74, 6) is 1.37. The largest absolute Gasteiger partial charge is 0.493 e. The highest BCUT2D eigenvalue weighted by atomic mass is 16.5. The number of methoxy groups -OCH3 is 1. The van der Waals surface area contributed by atoms with E-state index in [1.165, 1.54) is 0 Å². The van der Waals surface area contributed by atoms with Crippen LogP contribution in [0.4, 0.5) is 0 Å². The second kappa shape index (κ2) is 6.20. The van der Waals surface area contributed by atoms with E-state index in [9.17, 15) is 0 Å². The highest BCUT2D eigenvalue weighted by Crippen LogP contribution is 2.34. The lowest BCUT2D eigenvalue weighted by atomic mass is 10.1. The molecule has 100 valence electrons. The minimum absolute atomic E-state index is 0.164. The van der Waals surface area contributed by atoms with Gasteiger partial charge in [-0.1, -0.05) is 18.2 Å². The van der Waals surface area contributed by atoms with Crippen molar-refractivity contribution in [1.29, 1.82) is 0 Å². The number of hydrogen-bond donors (Lipinski definition) is 1. The van der Waals surface area contributed by atoms with Crippen LogP contribution in [-0.4, -0.2) is 12.1 Å². The van der Waals surface area contributed by atoms with E-state index in [4.69, 9.17) is 15.2 Å². The van der Waals surface area contributed by atoms with Crippen molar-refractivity contribution in [3.63, 3.8) is 0 Å². The second-order valence-electron chi connectivity index (χ2n) is 4.17. The van der Waals surface area contributed by atoms with E-state index < -0.39 is 0 Å². The molecule has 0 aliphatic rings. The molecule has 0 fully saturated rings. The predicted molar refractivity (Wildman–Crippen MR) is 74.2 cm³/mol. The van der Waals surface area contributed by atoms with Crippen molar-refractivity contribution in [2.75, 3.05) is 7.11 Å². The fourth-order valence-electron chi connectivity index (χ4n) is 1.87. The van der Waals surface area contributed by atoms with Gasteiger partial charge in [0.15, 0.2) is 11.5 Å². The second-order valence-corrected chi connectivity index (χ2v) is 4.17. The smallest absolute Gasteiger partial charge is 0.166 e. The molecule has 2 rings (SSSR count). The number of nitrogens with two attached hydrogens (primary N) is 1. The Morgan fingerprint density at radius 2 is 2.05 bits per heavy atom. The number of para-hydroxylation sites is 1. The van der Waals surface area contributed by atoms with Gasteiger partial charge in [0.05, 0.1) is 12.8 Å². The molecule has 0 aliphatic carbocycles. The van der Waals surface area contributed by atoms with E-state index >= 15 is 0 Å². The zero-order chi connectivity index (χ0) is 13.7. The Labute approximate surface area is 113 Å². The fraction of sp³-hybridized carbons (Fsp3) is 0.267. The zero-order valence-corrected chi connectivity index (χ0v) is 11.2. The molecule has 4 nitrogen and oxygen atoms in total. The van der Waals surface area contributed by atoms with Crippen molar-refractivity contribution in [2.24, 2.45) is 5.73 Å². The van der Waals surface area contributed by atoms with Gasteiger partial charge in [0, 0.05) is 18.3 Å². The molecule has 0 spiro atoms. The Kier molecular flexibility index (Phi) is 4.36. The number of ether oxygens (including phenoxy) is 2. The molecule has 2 aromatic rings. The van der Waals surface area contributed by atoms with Crippen molar-refractivity contribution in [1.82, 2.24) is 4.98 Å². The van der Waals surface area contributed by atoms with E-state index in [0.717, 1.165) is 11.3 Å². The molecule has 19 heavy (non-hydrogen) atoms. The van der Waals surface area contributed by atoms with Crippen LogP contribution in [0, 0.1) is 0 Å². The maximum absolute atomic E-state index is 5.98. The summed E-state index contributed by atoms with van der Waals surface area (Å²) in [5, 5.41) is 0. The lowest BCUT2D eigenvalue weighted by molar-refractivity contribution is 0.209. The van der Waals surface area contributed by atoms with Crippen molar-refractivity contribution < 1.29 is 9.47 Å². The van der Waals surface area contributed by atoms with E-state index in [0.29, 0.717) is 18.0 Å². The minimum atomic E-state index is -0.164. The Hall–Kier alpha value is -2.07. The highest BCUT2D eigenvalue weighted by Gasteiger charge is 2.15. The van der Waals surface area contributed by atoms with Crippen LogP contribution in [0.1, 0.15) is 24.3 Å². The van der Waals surface area contributed by atoms with E-state index in [1.807, 2.05) is 43.3 Å². The van der Waals surface area contributed by atoms with Crippen LogP contribution in [0.15, 0.2) is 42.6 Å². The van der Waals surface area contributed by atoms with Crippen molar-refractivity contribution in [3.8, 4) is 11.5 Å². The first-order valence-electron chi connectivity index (χ1n) is 6.19. The molecule has 1 atom stereocenters. The van der Waals surface area contributed by atoms with E-state index in [1.54, 1.807) is 13.3 Å². The molecule has 0 saturated carbocycles. The van der Waals surface area contributed by atoms with Gasteiger partial charge in [0.2, 0.25) is 0 Å². The van der Waals surface area contributed by atoms with Gasteiger partial charge in [-0.25, -0.2) is 0 Å². The Bertz CT molecular complexity index is 507. The van der Waals surface area contributed by atoms with Gasteiger partial charge < -0.3 is 15.2 Å². The molecule has 1 aromatic heterocycles. The van der Waals surface area contributed by atoms with Crippen LogP contribution in [0.2, 0.25) is 0 Å². The number of nitrogens with zero attached hydrogens (tertiary/aromatic N) is 1. The molecular formula is C15H18N2O2. The van der Waals surface area contributed by atoms with Crippen molar-refractivity contribution >= 4 is 0 Å². The van der Waals surface area contributed by atoms with E-state index in [2.05, 4.69) is 4.98 Å². The van der Waals surface area contributed by atoms with Crippen LogP contribution < -0.4 is 15.2 Å². The summed E-state index contributed by atoms with van der Waals surface area (Å²) in [7, 11) is 1.62. The molecule has 4 heteroatoms. The van der Waals surface area contributed by atoms with E-state index in [-0.39, 0.29) is 6.10 Å². The number of benzene rings is 1. The van der Waals surface area contributed by atoms with Gasteiger partial charge in [-0.15, -0.1) is 0 Å². The average Bonchev–Trinajstić information content (AvgIpc) is 2.48. The molecule has 1 unspecified atom stereocenters. The molecule has 0 saturated heterocycles. The van der Waals surface area contributed by atoms with Gasteiger partial charge in [0.25, 0.3) is 0 Å². The minimum Gasteiger partial charge on any atom is -0.493 e. The average molecular weight is 258 g/mol. The Morgan fingerprint density at radius 3 is 2.68 bits per heavy atom. The SMILES string of the molecule is COc1cccc(CN)c1OC(C)c1ccccn1. The first-order chi connectivity index (χ1) is 9.26. The molecule has 1 heterocycles. The summed E-state index contributed by atoms with van der Waals surface area (Å²) in [5.41, 5.74) is 7.53. The summed E-state index contributed by atoms with van der Waals surface area (Å²) >= 11 is 0. The number of rotatable bonds is 5. The summed E-state index contributed by atoms with van der Waals surface area (Å²) < 4.78 is 11.3. The standard InChI is InChI=1S/C15H18N2O2/c1-11(13-7-3-4-9-17-13)19-15-12(10-16)6-5-8-14(15)18-2/h3-9,11H,10,16H2,1-2H3. The lowest BCUT2D eigenvalue weighted by Crippen LogP contribution is -2.09.